The largest absolute Gasteiger partial charge is 0.352 e. The summed E-state index contributed by atoms with van der Waals surface area (Å²) in [6.45, 7) is 5.69. The Morgan fingerprint density at radius 1 is 1.48 bits per heavy atom. The van der Waals surface area contributed by atoms with Crippen LogP contribution in [0, 0.1) is 0 Å². The van der Waals surface area contributed by atoms with Gasteiger partial charge in [0, 0.05) is 6.54 Å². The molecule has 0 aliphatic heterocycles. The first-order valence-corrected chi connectivity index (χ1v) is 8.42. The Kier molecular flexibility index (Phi) is 4.94. The summed E-state index contributed by atoms with van der Waals surface area (Å²) in [6.07, 6.45) is 2.92. The van der Waals surface area contributed by atoms with Crippen LogP contribution in [0.5, 0.6) is 0 Å². The van der Waals surface area contributed by atoms with Crippen molar-refractivity contribution in [1.82, 2.24) is 30.0 Å². The normalized spacial score (nSPS) is 12.0. The standard InChI is InChI=1S/C16H16N6O2S/c1-3-8-17-13(23)10(2)25-16-20-12-7-5-4-6-11(12)14(24)22(16)15-18-9-19-21-15/h3-7,9-10H,1,8H2,2H3,(H,17,23)(H,18,19,21)/t10-/m0/s1. The van der Waals surface area contributed by atoms with Crippen LogP contribution >= 0.6 is 11.8 Å². The molecule has 1 amide bonds. The summed E-state index contributed by atoms with van der Waals surface area (Å²) in [5.74, 6) is 0.0841. The molecule has 2 heterocycles. The first-order valence-electron chi connectivity index (χ1n) is 7.54. The fraction of sp³-hybridized carbons (Fsp3) is 0.188. The minimum absolute atomic E-state index is 0.170. The second kappa shape index (κ2) is 7.31. The molecule has 2 aromatic heterocycles. The van der Waals surface area contributed by atoms with E-state index in [1.807, 2.05) is 6.07 Å². The number of amides is 1. The number of nitrogens with one attached hydrogen (secondary N) is 2. The second-order valence-corrected chi connectivity index (χ2v) is 6.46. The number of aromatic nitrogens is 5. The Hall–Kier alpha value is -2.94. The lowest BCUT2D eigenvalue weighted by molar-refractivity contribution is -0.120. The fourth-order valence-corrected chi connectivity index (χ4v) is 3.15. The van der Waals surface area contributed by atoms with E-state index in [0.29, 0.717) is 22.6 Å². The molecule has 0 radical (unpaired) electrons. The molecule has 0 bridgehead atoms. The minimum atomic E-state index is -0.456. The number of nitrogens with zero attached hydrogens (tertiary/aromatic N) is 4. The monoisotopic (exact) mass is 356 g/mol. The van der Waals surface area contributed by atoms with E-state index in [1.165, 1.54) is 22.7 Å². The number of hydrogen-bond acceptors (Lipinski definition) is 6. The zero-order valence-corrected chi connectivity index (χ0v) is 14.3. The van der Waals surface area contributed by atoms with Crippen LogP contribution in [0.1, 0.15) is 6.92 Å². The van der Waals surface area contributed by atoms with Gasteiger partial charge < -0.3 is 5.32 Å². The average molecular weight is 356 g/mol. The Bertz CT molecular complexity index is 966. The molecule has 25 heavy (non-hydrogen) atoms. The highest BCUT2D eigenvalue weighted by Crippen LogP contribution is 2.23. The zero-order chi connectivity index (χ0) is 17.8. The SMILES string of the molecule is C=CCNC(=O)[C@H](C)Sc1nc2ccccc2c(=O)n1-c1ncn[nH]1. The molecular weight excluding hydrogens is 340 g/mol. The Labute approximate surface area is 147 Å². The maximum absolute atomic E-state index is 12.9. The van der Waals surface area contributed by atoms with Crippen molar-refractivity contribution in [2.45, 2.75) is 17.3 Å². The average Bonchev–Trinajstić information content (AvgIpc) is 3.14. The highest BCUT2D eigenvalue weighted by atomic mass is 32.2. The predicted octanol–water partition coefficient (Wildman–Crippen LogP) is 1.29. The molecular formula is C16H16N6O2S. The number of carbonyl (C=O) groups excluding carboxylic acids is 1. The zero-order valence-electron chi connectivity index (χ0n) is 13.5. The number of carbonyl (C=O) groups is 1. The number of H-pyrrole nitrogens is 1. The number of hydrogen-bond donors (Lipinski definition) is 2. The van der Waals surface area contributed by atoms with Crippen LogP contribution in [-0.4, -0.2) is 42.4 Å². The molecule has 8 nitrogen and oxygen atoms in total. The van der Waals surface area contributed by atoms with E-state index in [4.69, 9.17) is 0 Å². The van der Waals surface area contributed by atoms with Gasteiger partial charge in [0.25, 0.3) is 5.56 Å². The lowest BCUT2D eigenvalue weighted by Gasteiger charge is -2.14. The second-order valence-electron chi connectivity index (χ2n) is 5.16. The molecule has 1 atom stereocenters. The van der Waals surface area contributed by atoms with Gasteiger partial charge in [0.15, 0.2) is 5.16 Å². The lowest BCUT2D eigenvalue weighted by Crippen LogP contribution is -2.32. The van der Waals surface area contributed by atoms with E-state index in [2.05, 4.69) is 32.1 Å². The molecule has 3 rings (SSSR count). The molecule has 9 heteroatoms. The van der Waals surface area contributed by atoms with Crippen molar-refractivity contribution in [2.24, 2.45) is 0 Å². The number of para-hydroxylation sites is 1. The Balaban J connectivity index is 2.07. The van der Waals surface area contributed by atoms with Crippen LogP contribution < -0.4 is 10.9 Å². The van der Waals surface area contributed by atoms with Gasteiger partial charge >= 0.3 is 0 Å². The molecule has 1 aromatic carbocycles. The van der Waals surface area contributed by atoms with Gasteiger partial charge in [-0.05, 0) is 19.1 Å². The van der Waals surface area contributed by atoms with Crippen LogP contribution in [0.3, 0.4) is 0 Å². The molecule has 3 aromatic rings. The van der Waals surface area contributed by atoms with Crippen molar-refractivity contribution in [3.05, 3.63) is 53.6 Å². The number of thioether (sulfide) groups is 1. The van der Waals surface area contributed by atoms with E-state index in [9.17, 15) is 9.59 Å². The molecule has 0 saturated heterocycles. The summed E-state index contributed by atoms with van der Waals surface area (Å²) in [6, 6.07) is 7.04. The predicted molar refractivity (Wildman–Crippen MR) is 95.8 cm³/mol. The van der Waals surface area contributed by atoms with Gasteiger partial charge in [-0.15, -0.1) is 6.58 Å². The highest BCUT2D eigenvalue weighted by Gasteiger charge is 2.20. The molecule has 128 valence electrons. The maximum Gasteiger partial charge on any atom is 0.269 e. The van der Waals surface area contributed by atoms with Crippen molar-refractivity contribution in [1.29, 1.82) is 0 Å². The van der Waals surface area contributed by atoms with Crippen LogP contribution in [0.15, 0.2) is 53.2 Å². The van der Waals surface area contributed by atoms with Gasteiger partial charge in [-0.2, -0.15) is 10.1 Å². The van der Waals surface area contributed by atoms with E-state index in [-0.39, 0.29) is 17.4 Å². The highest BCUT2D eigenvalue weighted by molar-refractivity contribution is 8.00. The van der Waals surface area contributed by atoms with E-state index >= 15 is 0 Å². The molecule has 0 unspecified atom stereocenters. The van der Waals surface area contributed by atoms with Gasteiger partial charge in [-0.3, -0.25) is 9.59 Å². The van der Waals surface area contributed by atoms with Crippen LogP contribution in [0.25, 0.3) is 16.9 Å². The van der Waals surface area contributed by atoms with Gasteiger partial charge in [-0.1, -0.05) is 30.0 Å². The molecule has 0 spiro atoms. The van der Waals surface area contributed by atoms with Gasteiger partial charge in [0.1, 0.15) is 6.33 Å². The Morgan fingerprint density at radius 2 is 2.28 bits per heavy atom. The van der Waals surface area contributed by atoms with Gasteiger partial charge in [0.05, 0.1) is 16.2 Å². The number of fused-ring (bicyclic) bond motifs is 1. The summed E-state index contributed by atoms with van der Waals surface area (Å²) < 4.78 is 1.33. The van der Waals surface area contributed by atoms with E-state index < -0.39 is 5.25 Å². The first kappa shape index (κ1) is 16.9. The summed E-state index contributed by atoms with van der Waals surface area (Å²) in [5.41, 5.74) is 0.285. The third kappa shape index (κ3) is 3.45. The van der Waals surface area contributed by atoms with Gasteiger partial charge in [-0.25, -0.2) is 14.6 Å². The minimum Gasteiger partial charge on any atom is -0.352 e. The lowest BCUT2D eigenvalue weighted by atomic mass is 10.2. The van der Waals surface area contributed by atoms with E-state index in [0.717, 1.165) is 0 Å². The molecule has 0 saturated carbocycles. The van der Waals surface area contributed by atoms with E-state index in [1.54, 1.807) is 31.2 Å². The summed E-state index contributed by atoms with van der Waals surface area (Å²) in [5, 5.41) is 9.56. The molecule has 0 fully saturated rings. The molecule has 2 N–H and O–H groups in total. The van der Waals surface area contributed by atoms with Crippen molar-refractivity contribution in [3.63, 3.8) is 0 Å². The van der Waals surface area contributed by atoms with Crippen molar-refractivity contribution >= 4 is 28.6 Å². The third-order valence-electron chi connectivity index (χ3n) is 3.43. The Morgan fingerprint density at radius 3 is 3.00 bits per heavy atom. The third-order valence-corrected chi connectivity index (χ3v) is 4.48. The van der Waals surface area contributed by atoms with Crippen LogP contribution in [-0.2, 0) is 4.79 Å². The van der Waals surface area contributed by atoms with Crippen molar-refractivity contribution in [3.8, 4) is 5.95 Å². The fourth-order valence-electron chi connectivity index (χ4n) is 2.21. The van der Waals surface area contributed by atoms with Crippen LogP contribution in [0.2, 0.25) is 0 Å². The topological polar surface area (TPSA) is 106 Å². The molecule has 0 aliphatic carbocycles. The van der Waals surface area contributed by atoms with Gasteiger partial charge in [0.2, 0.25) is 11.9 Å². The van der Waals surface area contributed by atoms with Crippen molar-refractivity contribution in [2.75, 3.05) is 6.54 Å². The molecule has 0 aliphatic rings. The number of benzene rings is 1. The van der Waals surface area contributed by atoms with Crippen molar-refractivity contribution < 1.29 is 4.79 Å². The number of rotatable bonds is 6. The smallest absolute Gasteiger partial charge is 0.269 e. The van der Waals surface area contributed by atoms with Crippen LogP contribution in [0.4, 0.5) is 0 Å². The quantitative estimate of drug-likeness (QED) is 0.392. The first-order chi connectivity index (χ1) is 12.1. The number of aromatic amines is 1. The summed E-state index contributed by atoms with van der Waals surface area (Å²) in [4.78, 5) is 33.6. The maximum atomic E-state index is 12.9. The summed E-state index contributed by atoms with van der Waals surface area (Å²) in [7, 11) is 0. The summed E-state index contributed by atoms with van der Waals surface area (Å²) >= 11 is 1.17.